The van der Waals surface area contributed by atoms with Gasteiger partial charge in [-0.15, -0.1) is 0 Å². The van der Waals surface area contributed by atoms with Crippen LogP contribution in [0.4, 0.5) is 5.69 Å². The maximum absolute atomic E-state index is 12.2. The lowest BCUT2D eigenvalue weighted by Gasteiger charge is -1.98. The van der Waals surface area contributed by atoms with Crippen LogP contribution >= 0.6 is 0 Å². The van der Waals surface area contributed by atoms with Crippen LogP contribution in [0.1, 0.15) is 16.3 Å². The molecule has 2 aromatic heterocycles. The van der Waals surface area contributed by atoms with E-state index in [9.17, 15) is 14.9 Å². The van der Waals surface area contributed by atoms with Gasteiger partial charge in [0.1, 0.15) is 17.3 Å². The average Bonchev–Trinajstić information content (AvgIpc) is 3.45. The van der Waals surface area contributed by atoms with Gasteiger partial charge in [0.05, 0.1) is 11.1 Å². The van der Waals surface area contributed by atoms with E-state index in [0.29, 0.717) is 22.8 Å². The summed E-state index contributed by atoms with van der Waals surface area (Å²) in [5.74, 6) is 0.976. The molecule has 4 rings (SSSR count). The predicted molar refractivity (Wildman–Crippen MR) is 110 cm³/mol. The largest absolute Gasteiger partial charge is 0.455 e. The monoisotopic (exact) mass is 401 g/mol. The summed E-state index contributed by atoms with van der Waals surface area (Å²) in [6, 6.07) is 22.2. The molecule has 0 saturated heterocycles. The number of nitro benzene ring substituents is 1. The minimum absolute atomic E-state index is 0.0260. The number of hydrazone groups is 1. The summed E-state index contributed by atoms with van der Waals surface area (Å²) in [7, 11) is 0. The van der Waals surface area contributed by atoms with E-state index in [0.717, 1.165) is 5.56 Å². The van der Waals surface area contributed by atoms with Crippen molar-refractivity contribution in [2.75, 3.05) is 0 Å². The molecule has 0 saturated carbocycles. The summed E-state index contributed by atoms with van der Waals surface area (Å²) in [5.41, 5.74) is 3.73. The van der Waals surface area contributed by atoms with E-state index in [-0.39, 0.29) is 11.4 Å². The Balaban J connectivity index is 1.41. The molecule has 0 unspecified atom stereocenters. The van der Waals surface area contributed by atoms with E-state index in [4.69, 9.17) is 8.83 Å². The van der Waals surface area contributed by atoms with Crippen LogP contribution in [0.2, 0.25) is 0 Å². The Bertz CT molecular complexity index is 1220. The fraction of sp³-hybridized carbons (Fsp3) is 0. The summed E-state index contributed by atoms with van der Waals surface area (Å²) in [5, 5.41) is 14.8. The predicted octanol–water partition coefficient (Wildman–Crippen LogP) is 4.88. The van der Waals surface area contributed by atoms with Crippen molar-refractivity contribution >= 4 is 17.8 Å². The lowest BCUT2D eigenvalue weighted by Crippen LogP contribution is -2.16. The van der Waals surface area contributed by atoms with Crippen molar-refractivity contribution in [3.05, 3.63) is 100 Å². The van der Waals surface area contributed by atoms with Crippen LogP contribution < -0.4 is 5.43 Å². The minimum Gasteiger partial charge on any atom is -0.455 e. The van der Waals surface area contributed by atoms with Crippen molar-refractivity contribution in [2.24, 2.45) is 5.10 Å². The highest BCUT2D eigenvalue weighted by Crippen LogP contribution is 2.26. The zero-order valence-electron chi connectivity index (χ0n) is 15.5. The van der Waals surface area contributed by atoms with Crippen LogP contribution in [0, 0.1) is 10.1 Å². The van der Waals surface area contributed by atoms with Gasteiger partial charge >= 0.3 is 5.91 Å². The highest BCUT2D eigenvalue weighted by atomic mass is 16.6. The molecule has 8 nitrogen and oxygen atoms in total. The molecule has 0 spiro atoms. The van der Waals surface area contributed by atoms with E-state index in [2.05, 4.69) is 10.5 Å². The summed E-state index contributed by atoms with van der Waals surface area (Å²) >= 11 is 0. The fourth-order valence-corrected chi connectivity index (χ4v) is 2.78. The number of nitro groups is 1. The van der Waals surface area contributed by atoms with E-state index in [1.807, 2.05) is 36.4 Å². The maximum atomic E-state index is 12.2. The van der Waals surface area contributed by atoms with Crippen molar-refractivity contribution in [2.45, 2.75) is 0 Å². The Morgan fingerprint density at radius 1 is 0.900 bits per heavy atom. The van der Waals surface area contributed by atoms with Crippen LogP contribution in [-0.2, 0) is 0 Å². The molecule has 0 aliphatic heterocycles. The van der Waals surface area contributed by atoms with E-state index >= 15 is 0 Å². The topological polar surface area (TPSA) is 111 Å². The van der Waals surface area contributed by atoms with Crippen LogP contribution in [0.3, 0.4) is 0 Å². The first-order chi connectivity index (χ1) is 14.6. The summed E-state index contributed by atoms with van der Waals surface area (Å²) in [6.07, 6.45) is 1.38. The van der Waals surface area contributed by atoms with Crippen LogP contribution in [0.15, 0.2) is 92.8 Å². The minimum atomic E-state index is -0.558. The van der Waals surface area contributed by atoms with Gasteiger partial charge in [0.2, 0.25) is 0 Å². The molecule has 0 aliphatic carbocycles. The van der Waals surface area contributed by atoms with E-state index < -0.39 is 10.8 Å². The normalized spacial score (nSPS) is 10.9. The third-order valence-corrected chi connectivity index (χ3v) is 4.21. The van der Waals surface area contributed by atoms with Crippen molar-refractivity contribution in [1.82, 2.24) is 5.43 Å². The SMILES string of the molecule is O=C(NN=Cc1ccc(-c2ccccc2)o1)c1ccc(-c2cccc([N+](=O)[O-])c2)o1. The molecule has 1 amide bonds. The Kier molecular flexibility index (Phi) is 5.21. The molecule has 0 fully saturated rings. The van der Waals surface area contributed by atoms with Crippen LogP contribution in [0.25, 0.3) is 22.6 Å². The third kappa shape index (κ3) is 4.17. The molecule has 0 bridgehead atoms. The van der Waals surface area contributed by atoms with Crippen molar-refractivity contribution in [3.63, 3.8) is 0 Å². The van der Waals surface area contributed by atoms with Gasteiger partial charge in [-0.25, -0.2) is 5.43 Å². The smallest absolute Gasteiger partial charge is 0.307 e. The Morgan fingerprint density at radius 3 is 2.43 bits per heavy atom. The molecule has 4 aromatic rings. The van der Waals surface area contributed by atoms with Gasteiger partial charge in [-0.3, -0.25) is 14.9 Å². The number of amides is 1. The lowest BCUT2D eigenvalue weighted by atomic mass is 10.1. The van der Waals surface area contributed by atoms with Gasteiger partial charge in [-0.05, 0) is 24.3 Å². The molecule has 8 heteroatoms. The summed E-state index contributed by atoms with van der Waals surface area (Å²) < 4.78 is 11.2. The number of rotatable bonds is 6. The molecular weight excluding hydrogens is 386 g/mol. The van der Waals surface area contributed by atoms with Gasteiger partial charge in [0.15, 0.2) is 5.76 Å². The van der Waals surface area contributed by atoms with Crippen LogP contribution in [0.5, 0.6) is 0 Å². The molecule has 2 heterocycles. The molecule has 148 valence electrons. The second kappa shape index (κ2) is 8.27. The zero-order valence-corrected chi connectivity index (χ0v) is 15.5. The first-order valence-electron chi connectivity index (χ1n) is 8.93. The fourth-order valence-electron chi connectivity index (χ4n) is 2.78. The Labute approximate surface area is 170 Å². The number of non-ortho nitro benzene ring substituents is 1. The third-order valence-electron chi connectivity index (χ3n) is 4.21. The van der Waals surface area contributed by atoms with Crippen LogP contribution in [-0.4, -0.2) is 17.0 Å². The standard InChI is InChI=1S/C22H15N3O5/c26-22(21-12-11-20(30-21)16-7-4-8-17(13-16)25(27)28)24-23-14-18-9-10-19(29-18)15-5-2-1-3-6-15/h1-14H,(H,24,26). The molecule has 0 aliphatic rings. The summed E-state index contributed by atoms with van der Waals surface area (Å²) in [6.45, 7) is 0. The lowest BCUT2D eigenvalue weighted by molar-refractivity contribution is -0.384. The second-order valence-corrected chi connectivity index (χ2v) is 6.24. The number of carbonyl (C=O) groups is 1. The first kappa shape index (κ1) is 18.9. The average molecular weight is 401 g/mol. The van der Waals surface area contributed by atoms with Gasteiger partial charge in [-0.2, -0.15) is 5.10 Å². The highest BCUT2D eigenvalue weighted by Gasteiger charge is 2.14. The molecule has 30 heavy (non-hydrogen) atoms. The van der Waals surface area contributed by atoms with E-state index in [1.54, 1.807) is 24.3 Å². The number of hydrogen-bond donors (Lipinski definition) is 1. The van der Waals surface area contributed by atoms with Gasteiger partial charge in [0.25, 0.3) is 5.69 Å². The van der Waals surface area contributed by atoms with Crippen molar-refractivity contribution in [1.29, 1.82) is 0 Å². The molecular formula is C22H15N3O5. The quantitative estimate of drug-likeness (QED) is 0.281. The summed E-state index contributed by atoms with van der Waals surface area (Å²) in [4.78, 5) is 22.6. The zero-order chi connectivity index (χ0) is 20.9. The Morgan fingerprint density at radius 2 is 1.63 bits per heavy atom. The Hall–Kier alpha value is -4.46. The second-order valence-electron chi connectivity index (χ2n) is 6.24. The number of carbonyl (C=O) groups excluding carboxylic acids is 1. The van der Waals surface area contributed by atoms with Gasteiger partial charge in [0, 0.05) is 23.3 Å². The number of furan rings is 2. The number of nitrogens with one attached hydrogen (secondary N) is 1. The molecule has 1 N–H and O–H groups in total. The molecule has 0 atom stereocenters. The first-order valence-corrected chi connectivity index (χ1v) is 8.93. The molecule has 2 aromatic carbocycles. The number of benzene rings is 2. The van der Waals surface area contributed by atoms with Crippen molar-refractivity contribution < 1.29 is 18.6 Å². The number of nitrogens with zero attached hydrogens (tertiary/aromatic N) is 2. The van der Waals surface area contributed by atoms with E-state index in [1.165, 1.54) is 24.4 Å². The highest BCUT2D eigenvalue weighted by molar-refractivity contribution is 5.92. The maximum Gasteiger partial charge on any atom is 0.307 e. The molecule has 0 radical (unpaired) electrons. The number of hydrogen-bond acceptors (Lipinski definition) is 6. The van der Waals surface area contributed by atoms with Gasteiger partial charge in [-0.1, -0.05) is 42.5 Å². The van der Waals surface area contributed by atoms with Gasteiger partial charge < -0.3 is 8.83 Å². The van der Waals surface area contributed by atoms with Crippen molar-refractivity contribution in [3.8, 4) is 22.6 Å².